The molecular formula is C7H13N3O. The molecule has 0 aliphatic carbocycles. The molecule has 0 aromatic carbocycles. The second-order valence-electron chi connectivity index (χ2n) is 2.22. The van der Waals surface area contributed by atoms with Crippen LogP contribution < -0.4 is 5.32 Å². The van der Waals surface area contributed by atoms with Gasteiger partial charge in [0, 0.05) is 20.7 Å². The van der Waals surface area contributed by atoms with Gasteiger partial charge in [0.2, 0.25) is 0 Å². The molecule has 1 heterocycles. The zero-order valence-electron chi connectivity index (χ0n) is 6.87. The summed E-state index contributed by atoms with van der Waals surface area (Å²) in [5.41, 5.74) is 0. The van der Waals surface area contributed by atoms with Gasteiger partial charge in [-0.1, -0.05) is 0 Å². The molecule has 0 aliphatic heterocycles. The first kappa shape index (κ1) is 8.07. The number of ether oxygens (including phenoxy) is 1. The molecule has 0 atom stereocenters. The molecule has 0 radical (unpaired) electrons. The number of nitrogens with one attached hydrogen (secondary N) is 1. The van der Waals surface area contributed by atoms with E-state index < -0.39 is 0 Å². The van der Waals surface area contributed by atoms with Crippen molar-refractivity contribution in [1.82, 2.24) is 9.55 Å². The second-order valence-corrected chi connectivity index (χ2v) is 2.22. The summed E-state index contributed by atoms with van der Waals surface area (Å²) in [5, 5.41) is 3.03. The van der Waals surface area contributed by atoms with E-state index in [0.717, 1.165) is 12.4 Å². The maximum atomic E-state index is 4.94. The SMILES string of the molecule is CNc1cncn1CCOC. The normalized spacial score (nSPS) is 10.0. The highest BCUT2D eigenvalue weighted by molar-refractivity contribution is 5.31. The molecule has 0 bridgehead atoms. The summed E-state index contributed by atoms with van der Waals surface area (Å²) in [5.74, 6) is 1.02. The zero-order chi connectivity index (χ0) is 8.10. The Kier molecular flexibility index (Phi) is 2.92. The molecule has 4 heteroatoms. The number of imidazole rings is 1. The second kappa shape index (κ2) is 3.98. The lowest BCUT2D eigenvalue weighted by atomic mass is 10.6. The molecule has 1 N–H and O–H groups in total. The summed E-state index contributed by atoms with van der Waals surface area (Å²) in [6, 6.07) is 0. The molecule has 0 saturated carbocycles. The third kappa shape index (κ3) is 1.94. The van der Waals surface area contributed by atoms with E-state index >= 15 is 0 Å². The fourth-order valence-electron chi connectivity index (χ4n) is 0.897. The van der Waals surface area contributed by atoms with E-state index in [1.54, 1.807) is 19.6 Å². The highest BCUT2D eigenvalue weighted by Gasteiger charge is 1.96. The van der Waals surface area contributed by atoms with Crippen molar-refractivity contribution in [2.75, 3.05) is 26.1 Å². The lowest BCUT2D eigenvalue weighted by Crippen LogP contribution is -2.06. The minimum atomic E-state index is 0.713. The van der Waals surface area contributed by atoms with Gasteiger partial charge in [-0.25, -0.2) is 4.98 Å². The third-order valence-corrected chi connectivity index (χ3v) is 1.50. The van der Waals surface area contributed by atoms with Crippen LogP contribution in [0.4, 0.5) is 5.82 Å². The molecule has 1 aromatic heterocycles. The van der Waals surface area contributed by atoms with Crippen molar-refractivity contribution in [3.05, 3.63) is 12.5 Å². The topological polar surface area (TPSA) is 39.1 Å². The van der Waals surface area contributed by atoms with E-state index in [0.29, 0.717) is 6.61 Å². The van der Waals surface area contributed by atoms with E-state index in [4.69, 9.17) is 4.74 Å². The van der Waals surface area contributed by atoms with Crippen LogP contribution in [-0.4, -0.2) is 30.3 Å². The Bertz CT molecular complexity index is 209. The van der Waals surface area contributed by atoms with Crippen molar-refractivity contribution in [2.45, 2.75) is 6.54 Å². The van der Waals surface area contributed by atoms with E-state index in [1.165, 1.54) is 0 Å². The Morgan fingerprint density at radius 2 is 2.55 bits per heavy atom. The fraction of sp³-hybridized carbons (Fsp3) is 0.571. The van der Waals surface area contributed by atoms with E-state index in [1.807, 2.05) is 11.6 Å². The van der Waals surface area contributed by atoms with E-state index in [2.05, 4.69) is 10.3 Å². The quantitative estimate of drug-likeness (QED) is 0.691. The molecule has 11 heavy (non-hydrogen) atoms. The van der Waals surface area contributed by atoms with Crippen LogP contribution >= 0.6 is 0 Å². The first-order valence-corrected chi connectivity index (χ1v) is 3.55. The monoisotopic (exact) mass is 155 g/mol. The minimum absolute atomic E-state index is 0.713. The molecule has 62 valence electrons. The van der Waals surface area contributed by atoms with Crippen molar-refractivity contribution >= 4 is 5.82 Å². The average Bonchev–Trinajstić information content (AvgIpc) is 2.47. The Hall–Kier alpha value is -1.03. The largest absolute Gasteiger partial charge is 0.383 e. The molecule has 0 unspecified atom stereocenters. The van der Waals surface area contributed by atoms with Crippen LogP contribution in [0.25, 0.3) is 0 Å². The number of rotatable bonds is 4. The minimum Gasteiger partial charge on any atom is -0.383 e. The number of aromatic nitrogens is 2. The van der Waals surface area contributed by atoms with Gasteiger partial charge in [0.25, 0.3) is 0 Å². The van der Waals surface area contributed by atoms with Crippen molar-refractivity contribution in [3.63, 3.8) is 0 Å². The highest BCUT2D eigenvalue weighted by atomic mass is 16.5. The van der Waals surface area contributed by atoms with Gasteiger partial charge in [-0.05, 0) is 0 Å². The average molecular weight is 155 g/mol. The first-order valence-electron chi connectivity index (χ1n) is 3.55. The Balaban J connectivity index is 2.54. The lowest BCUT2D eigenvalue weighted by Gasteiger charge is -2.05. The van der Waals surface area contributed by atoms with Crippen molar-refractivity contribution in [3.8, 4) is 0 Å². The summed E-state index contributed by atoms with van der Waals surface area (Å²) in [4.78, 5) is 3.99. The number of hydrogen-bond donors (Lipinski definition) is 1. The first-order chi connectivity index (χ1) is 5.38. The predicted octanol–water partition coefficient (Wildman–Crippen LogP) is 0.571. The van der Waals surface area contributed by atoms with Gasteiger partial charge >= 0.3 is 0 Å². The van der Waals surface area contributed by atoms with Crippen LogP contribution in [0.15, 0.2) is 12.5 Å². The molecule has 0 fully saturated rings. The molecule has 4 nitrogen and oxygen atoms in total. The predicted molar refractivity (Wildman–Crippen MR) is 43.6 cm³/mol. The standard InChI is InChI=1S/C7H13N3O/c1-8-7-5-9-6-10(7)3-4-11-2/h5-6,8H,3-4H2,1-2H3. The number of hydrogen-bond acceptors (Lipinski definition) is 3. The molecule has 1 rings (SSSR count). The number of anilines is 1. The van der Waals surface area contributed by atoms with Gasteiger partial charge in [0.1, 0.15) is 5.82 Å². The van der Waals surface area contributed by atoms with Gasteiger partial charge in [0.15, 0.2) is 0 Å². The van der Waals surface area contributed by atoms with Gasteiger partial charge in [-0.3, -0.25) is 0 Å². The van der Waals surface area contributed by atoms with Crippen LogP contribution in [0.1, 0.15) is 0 Å². The summed E-state index contributed by atoms with van der Waals surface area (Å²) in [6.07, 6.45) is 3.57. The lowest BCUT2D eigenvalue weighted by molar-refractivity contribution is 0.187. The van der Waals surface area contributed by atoms with E-state index in [-0.39, 0.29) is 0 Å². The summed E-state index contributed by atoms with van der Waals surface area (Å²) >= 11 is 0. The Morgan fingerprint density at radius 1 is 1.73 bits per heavy atom. The van der Waals surface area contributed by atoms with Crippen LogP contribution in [0, 0.1) is 0 Å². The van der Waals surface area contributed by atoms with Crippen LogP contribution in [0.5, 0.6) is 0 Å². The highest BCUT2D eigenvalue weighted by Crippen LogP contribution is 2.03. The van der Waals surface area contributed by atoms with Crippen LogP contribution in [-0.2, 0) is 11.3 Å². The smallest absolute Gasteiger partial charge is 0.125 e. The molecule has 0 amide bonds. The van der Waals surface area contributed by atoms with Crippen molar-refractivity contribution in [1.29, 1.82) is 0 Å². The number of nitrogens with zero attached hydrogens (tertiary/aromatic N) is 2. The molecule has 0 saturated heterocycles. The summed E-state index contributed by atoms with van der Waals surface area (Å²) in [6.45, 7) is 1.55. The Morgan fingerprint density at radius 3 is 3.18 bits per heavy atom. The summed E-state index contributed by atoms with van der Waals surface area (Å²) < 4.78 is 6.94. The third-order valence-electron chi connectivity index (χ3n) is 1.50. The fourth-order valence-corrected chi connectivity index (χ4v) is 0.897. The number of methoxy groups -OCH3 is 1. The maximum Gasteiger partial charge on any atom is 0.125 e. The molecular weight excluding hydrogens is 142 g/mol. The van der Waals surface area contributed by atoms with Crippen LogP contribution in [0.3, 0.4) is 0 Å². The summed E-state index contributed by atoms with van der Waals surface area (Å²) in [7, 11) is 3.57. The Labute approximate surface area is 66.2 Å². The van der Waals surface area contributed by atoms with Gasteiger partial charge in [0.05, 0.1) is 19.1 Å². The zero-order valence-corrected chi connectivity index (χ0v) is 6.87. The van der Waals surface area contributed by atoms with Crippen LogP contribution in [0.2, 0.25) is 0 Å². The maximum absolute atomic E-state index is 4.94. The van der Waals surface area contributed by atoms with E-state index in [9.17, 15) is 0 Å². The molecule has 0 spiro atoms. The van der Waals surface area contributed by atoms with Gasteiger partial charge in [-0.2, -0.15) is 0 Å². The van der Waals surface area contributed by atoms with Gasteiger partial charge in [-0.15, -0.1) is 0 Å². The molecule has 0 aliphatic rings. The van der Waals surface area contributed by atoms with Crippen molar-refractivity contribution in [2.24, 2.45) is 0 Å². The van der Waals surface area contributed by atoms with Crippen molar-refractivity contribution < 1.29 is 4.74 Å². The van der Waals surface area contributed by atoms with Gasteiger partial charge < -0.3 is 14.6 Å². The molecule has 1 aromatic rings.